The van der Waals surface area contributed by atoms with Crippen LogP contribution in [0.15, 0.2) is 43.0 Å². The van der Waals surface area contributed by atoms with Crippen molar-refractivity contribution in [2.24, 2.45) is 0 Å². The summed E-state index contributed by atoms with van der Waals surface area (Å²) in [5.41, 5.74) is 0.942. The molecule has 0 saturated carbocycles. The van der Waals surface area contributed by atoms with Crippen LogP contribution in [0.3, 0.4) is 0 Å². The second-order valence-electron chi connectivity index (χ2n) is 3.56. The van der Waals surface area contributed by atoms with Gasteiger partial charge in [-0.3, -0.25) is 0 Å². The van der Waals surface area contributed by atoms with Gasteiger partial charge in [0.25, 0.3) is 0 Å². The van der Waals surface area contributed by atoms with E-state index in [2.05, 4.69) is 4.98 Å². The Bertz CT molecular complexity index is 491. The van der Waals surface area contributed by atoms with Crippen LogP contribution in [-0.4, -0.2) is 26.7 Å². The number of rotatable bonds is 4. The van der Waals surface area contributed by atoms with Gasteiger partial charge in [0.05, 0.1) is 6.33 Å². The van der Waals surface area contributed by atoms with Gasteiger partial charge in [0, 0.05) is 18.1 Å². The Labute approximate surface area is 98.3 Å². The maximum absolute atomic E-state index is 10.6. The van der Waals surface area contributed by atoms with Crippen LogP contribution in [0.4, 0.5) is 0 Å². The minimum Gasteiger partial charge on any atom is -0.479 e. The summed E-state index contributed by atoms with van der Waals surface area (Å²) < 4.78 is 7.08. The van der Waals surface area contributed by atoms with Crippen molar-refractivity contribution in [2.75, 3.05) is 0 Å². The number of ether oxygens (including phenoxy) is 1. The Hall–Kier alpha value is -2.30. The van der Waals surface area contributed by atoms with Gasteiger partial charge in [-0.1, -0.05) is 0 Å². The zero-order valence-electron chi connectivity index (χ0n) is 9.28. The molecule has 1 unspecified atom stereocenters. The van der Waals surface area contributed by atoms with E-state index in [1.807, 2.05) is 22.9 Å². The summed E-state index contributed by atoms with van der Waals surface area (Å²) >= 11 is 0. The summed E-state index contributed by atoms with van der Waals surface area (Å²) in [6.45, 7) is 1.49. The van der Waals surface area contributed by atoms with Crippen molar-refractivity contribution in [1.82, 2.24) is 9.55 Å². The number of nitrogens with zero attached hydrogens (tertiary/aromatic N) is 2. The van der Waals surface area contributed by atoms with Crippen LogP contribution in [0.5, 0.6) is 5.75 Å². The highest BCUT2D eigenvalue weighted by molar-refractivity contribution is 5.72. The monoisotopic (exact) mass is 232 g/mol. The number of hydrogen-bond acceptors (Lipinski definition) is 3. The predicted octanol–water partition coefficient (Wildman–Crippen LogP) is 1.72. The standard InChI is InChI=1S/C12H12N2O3/c1-9(12(15)16)17-11-4-2-10(3-5-11)14-7-6-13-8-14/h2-9H,1H3,(H,15,16). The fourth-order valence-electron chi connectivity index (χ4n) is 1.36. The minimum atomic E-state index is -0.983. The predicted molar refractivity (Wildman–Crippen MR) is 61.3 cm³/mol. The van der Waals surface area contributed by atoms with Gasteiger partial charge >= 0.3 is 5.97 Å². The highest BCUT2D eigenvalue weighted by Crippen LogP contribution is 2.16. The summed E-state index contributed by atoms with van der Waals surface area (Å²) in [5.74, 6) is -0.451. The van der Waals surface area contributed by atoms with Crippen LogP contribution in [0, 0.1) is 0 Å². The molecule has 0 saturated heterocycles. The van der Waals surface area contributed by atoms with E-state index in [1.54, 1.807) is 24.7 Å². The molecule has 5 heteroatoms. The first-order valence-electron chi connectivity index (χ1n) is 5.14. The lowest BCUT2D eigenvalue weighted by atomic mass is 10.3. The molecular formula is C12H12N2O3. The van der Waals surface area contributed by atoms with E-state index in [1.165, 1.54) is 6.92 Å². The molecule has 0 aliphatic rings. The van der Waals surface area contributed by atoms with Crippen molar-refractivity contribution in [3.8, 4) is 11.4 Å². The topological polar surface area (TPSA) is 64.4 Å². The van der Waals surface area contributed by atoms with Crippen molar-refractivity contribution in [1.29, 1.82) is 0 Å². The van der Waals surface area contributed by atoms with Crippen LogP contribution < -0.4 is 4.74 Å². The molecular weight excluding hydrogens is 220 g/mol. The van der Waals surface area contributed by atoms with Gasteiger partial charge in [-0.25, -0.2) is 9.78 Å². The highest BCUT2D eigenvalue weighted by atomic mass is 16.5. The molecule has 0 aliphatic heterocycles. The van der Waals surface area contributed by atoms with Crippen LogP contribution in [0.1, 0.15) is 6.92 Å². The van der Waals surface area contributed by atoms with Gasteiger partial charge in [0.15, 0.2) is 6.10 Å². The molecule has 1 heterocycles. The Morgan fingerprint density at radius 3 is 2.65 bits per heavy atom. The Morgan fingerprint density at radius 2 is 2.12 bits per heavy atom. The molecule has 2 rings (SSSR count). The number of aliphatic carboxylic acids is 1. The largest absolute Gasteiger partial charge is 0.479 e. The molecule has 0 fully saturated rings. The minimum absolute atomic E-state index is 0.531. The van der Waals surface area contributed by atoms with Crippen molar-refractivity contribution in [2.45, 2.75) is 13.0 Å². The lowest BCUT2D eigenvalue weighted by Crippen LogP contribution is -2.22. The molecule has 1 N–H and O–H groups in total. The number of hydrogen-bond donors (Lipinski definition) is 1. The summed E-state index contributed by atoms with van der Waals surface area (Å²) in [4.78, 5) is 14.6. The van der Waals surface area contributed by atoms with E-state index in [0.717, 1.165) is 5.69 Å². The zero-order valence-corrected chi connectivity index (χ0v) is 9.28. The third-order valence-corrected chi connectivity index (χ3v) is 2.30. The van der Waals surface area contributed by atoms with E-state index in [4.69, 9.17) is 9.84 Å². The van der Waals surface area contributed by atoms with E-state index in [0.29, 0.717) is 5.75 Å². The fourth-order valence-corrected chi connectivity index (χ4v) is 1.36. The lowest BCUT2D eigenvalue weighted by molar-refractivity contribution is -0.144. The number of carboxylic acid groups (broad SMARTS) is 1. The molecule has 17 heavy (non-hydrogen) atoms. The van der Waals surface area contributed by atoms with Crippen LogP contribution in [0.2, 0.25) is 0 Å². The quantitative estimate of drug-likeness (QED) is 0.871. The fraction of sp³-hybridized carbons (Fsp3) is 0.167. The Morgan fingerprint density at radius 1 is 1.41 bits per heavy atom. The molecule has 1 aromatic heterocycles. The van der Waals surface area contributed by atoms with Crippen molar-refractivity contribution in [3.05, 3.63) is 43.0 Å². The molecule has 0 aliphatic carbocycles. The molecule has 1 atom stereocenters. The van der Waals surface area contributed by atoms with Gasteiger partial charge < -0.3 is 14.4 Å². The number of benzene rings is 1. The SMILES string of the molecule is CC(Oc1ccc(-n2ccnc2)cc1)C(=O)O. The second-order valence-corrected chi connectivity index (χ2v) is 3.56. The molecule has 1 aromatic carbocycles. The average Bonchev–Trinajstić information content (AvgIpc) is 2.83. The van der Waals surface area contributed by atoms with E-state index in [-0.39, 0.29) is 0 Å². The zero-order chi connectivity index (χ0) is 12.3. The smallest absolute Gasteiger partial charge is 0.344 e. The molecule has 0 bridgehead atoms. The number of imidazole rings is 1. The van der Waals surface area contributed by atoms with Gasteiger partial charge in [0.2, 0.25) is 0 Å². The number of aromatic nitrogens is 2. The lowest BCUT2D eigenvalue weighted by Gasteiger charge is -2.10. The maximum Gasteiger partial charge on any atom is 0.344 e. The summed E-state index contributed by atoms with van der Waals surface area (Å²) in [7, 11) is 0. The molecule has 0 radical (unpaired) electrons. The van der Waals surface area contributed by atoms with Crippen molar-refractivity contribution >= 4 is 5.97 Å². The summed E-state index contributed by atoms with van der Waals surface area (Å²) in [6.07, 6.45) is 4.36. The highest BCUT2D eigenvalue weighted by Gasteiger charge is 2.11. The summed E-state index contributed by atoms with van der Waals surface area (Å²) in [5, 5.41) is 8.71. The van der Waals surface area contributed by atoms with Crippen LogP contribution >= 0.6 is 0 Å². The molecule has 0 amide bonds. The van der Waals surface area contributed by atoms with Crippen molar-refractivity contribution in [3.63, 3.8) is 0 Å². The molecule has 5 nitrogen and oxygen atoms in total. The third-order valence-electron chi connectivity index (χ3n) is 2.30. The average molecular weight is 232 g/mol. The van der Waals surface area contributed by atoms with Gasteiger partial charge in [-0.15, -0.1) is 0 Å². The van der Waals surface area contributed by atoms with Crippen LogP contribution in [0.25, 0.3) is 5.69 Å². The second kappa shape index (κ2) is 4.69. The molecule has 0 spiro atoms. The Kier molecular flexibility index (Phi) is 3.09. The first-order chi connectivity index (χ1) is 8.16. The number of carboxylic acids is 1. The van der Waals surface area contributed by atoms with Gasteiger partial charge in [0.1, 0.15) is 5.75 Å². The Balaban J connectivity index is 2.11. The van der Waals surface area contributed by atoms with E-state index < -0.39 is 12.1 Å². The third kappa shape index (κ3) is 2.63. The van der Waals surface area contributed by atoms with E-state index in [9.17, 15) is 4.79 Å². The van der Waals surface area contributed by atoms with E-state index >= 15 is 0 Å². The molecule has 2 aromatic rings. The van der Waals surface area contributed by atoms with Crippen molar-refractivity contribution < 1.29 is 14.6 Å². The van der Waals surface area contributed by atoms with Crippen LogP contribution in [-0.2, 0) is 4.79 Å². The summed E-state index contributed by atoms with van der Waals surface area (Å²) in [6, 6.07) is 7.14. The maximum atomic E-state index is 10.6. The first kappa shape index (κ1) is 11.2. The molecule has 88 valence electrons. The van der Waals surface area contributed by atoms with Gasteiger partial charge in [-0.05, 0) is 31.2 Å². The normalized spacial score (nSPS) is 12.1. The number of carbonyl (C=O) groups is 1. The first-order valence-corrected chi connectivity index (χ1v) is 5.14. The van der Waals surface area contributed by atoms with Gasteiger partial charge in [-0.2, -0.15) is 0 Å².